The number of nitro benzene ring substituents is 1. The molecule has 7 nitrogen and oxygen atoms in total. The van der Waals surface area contributed by atoms with Crippen molar-refractivity contribution in [3.63, 3.8) is 0 Å². The number of hydrogen-bond acceptors (Lipinski definition) is 5. The van der Waals surface area contributed by atoms with E-state index in [9.17, 15) is 14.9 Å². The molecule has 0 radical (unpaired) electrons. The van der Waals surface area contributed by atoms with Crippen molar-refractivity contribution < 1.29 is 14.8 Å². The molecule has 0 aliphatic carbocycles. The second-order valence-corrected chi connectivity index (χ2v) is 4.30. The lowest BCUT2D eigenvalue weighted by atomic mass is 10.1. The van der Waals surface area contributed by atoms with Crippen molar-refractivity contribution in [2.75, 3.05) is 0 Å². The highest BCUT2D eigenvalue weighted by Crippen LogP contribution is 2.22. The van der Waals surface area contributed by atoms with Gasteiger partial charge in [0.2, 0.25) is 0 Å². The normalized spacial score (nSPS) is 10.3. The number of nitro groups is 1. The predicted molar refractivity (Wildman–Crippen MR) is 74.8 cm³/mol. The van der Waals surface area contributed by atoms with Gasteiger partial charge >= 0.3 is 5.97 Å². The number of pyridine rings is 1. The molecule has 0 aliphatic rings. The molecule has 0 bridgehead atoms. The molecule has 0 fully saturated rings. The van der Waals surface area contributed by atoms with Gasteiger partial charge in [-0.1, -0.05) is 18.2 Å². The fourth-order valence-corrected chi connectivity index (χ4v) is 1.96. The lowest BCUT2D eigenvalue weighted by Gasteiger charge is -2.08. The van der Waals surface area contributed by atoms with Crippen molar-refractivity contribution in [2.45, 2.75) is 13.1 Å². The quantitative estimate of drug-likeness (QED) is 0.621. The Morgan fingerprint density at radius 2 is 2.05 bits per heavy atom. The molecule has 0 saturated carbocycles. The predicted octanol–water partition coefficient (Wildman–Crippen LogP) is 1.98. The molecule has 0 unspecified atom stereocenters. The Balaban J connectivity index is 2.14. The standard InChI is InChI=1S/C14H13N3O4/c18-14(19)13-10(4-3-6-12(13)17(20)21)8-15-9-11-5-1-2-7-16-11/h1-7,15H,8-9H2,(H,18,19). The number of rotatable bonds is 6. The number of aromatic nitrogens is 1. The number of carbonyl (C=O) groups is 1. The van der Waals surface area contributed by atoms with Gasteiger partial charge in [0.15, 0.2) is 0 Å². The number of nitrogens with zero attached hydrogens (tertiary/aromatic N) is 2. The molecule has 0 amide bonds. The zero-order valence-corrected chi connectivity index (χ0v) is 11.0. The third-order valence-electron chi connectivity index (χ3n) is 2.89. The average Bonchev–Trinajstić information content (AvgIpc) is 2.47. The minimum atomic E-state index is -1.31. The van der Waals surface area contributed by atoms with E-state index < -0.39 is 16.6 Å². The van der Waals surface area contributed by atoms with Crippen LogP contribution in [0.4, 0.5) is 5.69 Å². The smallest absolute Gasteiger partial charge is 0.343 e. The lowest BCUT2D eigenvalue weighted by molar-refractivity contribution is -0.385. The molecule has 0 saturated heterocycles. The summed E-state index contributed by atoms with van der Waals surface area (Å²) in [6.45, 7) is 0.655. The van der Waals surface area contributed by atoms with Gasteiger partial charge in [0.25, 0.3) is 5.69 Å². The Morgan fingerprint density at radius 3 is 2.67 bits per heavy atom. The molecular formula is C14H13N3O4. The van der Waals surface area contributed by atoms with Gasteiger partial charge in [-0.3, -0.25) is 15.1 Å². The molecule has 0 atom stereocenters. The zero-order chi connectivity index (χ0) is 15.2. The van der Waals surface area contributed by atoms with E-state index in [1.54, 1.807) is 18.3 Å². The van der Waals surface area contributed by atoms with Gasteiger partial charge < -0.3 is 10.4 Å². The average molecular weight is 287 g/mol. The molecule has 21 heavy (non-hydrogen) atoms. The number of hydrogen-bond donors (Lipinski definition) is 2. The van der Waals surface area contributed by atoms with Crippen LogP contribution in [-0.2, 0) is 13.1 Å². The van der Waals surface area contributed by atoms with Gasteiger partial charge in [0, 0.05) is 25.4 Å². The number of aromatic carboxylic acids is 1. The molecular weight excluding hydrogens is 274 g/mol. The Morgan fingerprint density at radius 1 is 1.24 bits per heavy atom. The van der Waals surface area contributed by atoms with Crippen LogP contribution < -0.4 is 5.32 Å². The number of carboxylic acid groups (broad SMARTS) is 1. The van der Waals surface area contributed by atoms with E-state index in [1.165, 1.54) is 12.1 Å². The minimum Gasteiger partial charge on any atom is -0.477 e. The van der Waals surface area contributed by atoms with Crippen LogP contribution in [0, 0.1) is 10.1 Å². The van der Waals surface area contributed by atoms with Crippen molar-refractivity contribution >= 4 is 11.7 Å². The SMILES string of the molecule is O=C(O)c1c(CNCc2ccccn2)cccc1[N+](=O)[O-]. The topological polar surface area (TPSA) is 105 Å². The summed E-state index contributed by atoms with van der Waals surface area (Å²) in [5.74, 6) is -1.31. The Hall–Kier alpha value is -2.80. The monoisotopic (exact) mass is 287 g/mol. The second kappa shape index (κ2) is 6.58. The first-order chi connectivity index (χ1) is 10.1. The van der Waals surface area contributed by atoms with Gasteiger partial charge in [0.1, 0.15) is 5.56 Å². The third kappa shape index (κ3) is 3.61. The summed E-state index contributed by atoms with van der Waals surface area (Å²) < 4.78 is 0. The Kier molecular flexibility index (Phi) is 4.57. The van der Waals surface area contributed by atoms with Crippen molar-refractivity contribution in [3.05, 3.63) is 69.5 Å². The largest absolute Gasteiger partial charge is 0.477 e. The van der Waals surface area contributed by atoms with E-state index in [4.69, 9.17) is 5.11 Å². The lowest BCUT2D eigenvalue weighted by Crippen LogP contribution is -2.17. The van der Waals surface area contributed by atoms with E-state index in [1.807, 2.05) is 12.1 Å². The van der Waals surface area contributed by atoms with Gasteiger partial charge in [-0.05, 0) is 17.7 Å². The van der Waals surface area contributed by atoms with Crippen LogP contribution in [0.3, 0.4) is 0 Å². The fraction of sp³-hybridized carbons (Fsp3) is 0.143. The highest BCUT2D eigenvalue weighted by Gasteiger charge is 2.22. The van der Waals surface area contributed by atoms with Crippen molar-refractivity contribution in [1.29, 1.82) is 0 Å². The van der Waals surface area contributed by atoms with Gasteiger partial charge in [-0.15, -0.1) is 0 Å². The van der Waals surface area contributed by atoms with Gasteiger partial charge in [0.05, 0.1) is 10.6 Å². The molecule has 7 heteroatoms. The summed E-state index contributed by atoms with van der Waals surface area (Å²) in [7, 11) is 0. The van der Waals surface area contributed by atoms with E-state index in [0.717, 1.165) is 5.69 Å². The maximum Gasteiger partial charge on any atom is 0.343 e. The maximum absolute atomic E-state index is 11.2. The van der Waals surface area contributed by atoms with Gasteiger partial charge in [-0.2, -0.15) is 0 Å². The number of nitrogens with one attached hydrogen (secondary N) is 1. The fourth-order valence-electron chi connectivity index (χ4n) is 1.96. The molecule has 2 aromatic rings. The summed E-state index contributed by atoms with van der Waals surface area (Å²) >= 11 is 0. The second-order valence-electron chi connectivity index (χ2n) is 4.30. The summed E-state index contributed by atoms with van der Waals surface area (Å²) in [6, 6.07) is 9.70. The van der Waals surface area contributed by atoms with Crippen LogP contribution in [0.25, 0.3) is 0 Å². The van der Waals surface area contributed by atoms with Crippen molar-refractivity contribution in [2.24, 2.45) is 0 Å². The molecule has 1 aromatic carbocycles. The van der Waals surface area contributed by atoms with E-state index >= 15 is 0 Å². The Bertz CT molecular complexity index is 659. The van der Waals surface area contributed by atoms with Crippen LogP contribution >= 0.6 is 0 Å². The van der Waals surface area contributed by atoms with E-state index in [2.05, 4.69) is 10.3 Å². The highest BCUT2D eigenvalue weighted by molar-refractivity contribution is 5.94. The molecule has 108 valence electrons. The summed E-state index contributed by atoms with van der Waals surface area (Å²) in [4.78, 5) is 25.6. The molecule has 0 aliphatic heterocycles. The van der Waals surface area contributed by atoms with Crippen LogP contribution in [0.2, 0.25) is 0 Å². The molecule has 1 heterocycles. The summed E-state index contributed by atoms with van der Waals surface area (Å²) in [5, 5.41) is 23.1. The summed E-state index contributed by atoms with van der Waals surface area (Å²) in [5.41, 5.74) is 0.489. The van der Waals surface area contributed by atoms with E-state index in [0.29, 0.717) is 12.1 Å². The molecule has 1 aromatic heterocycles. The molecule has 2 N–H and O–H groups in total. The third-order valence-corrected chi connectivity index (χ3v) is 2.89. The highest BCUT2D eigenvalue weighted by atomic mass is 16.6. The van der Waals surface area contributed by atoms with Crippen LogP contribution in [0.5, 0.6) is 0 Å². The first-order valence-corrected chi connectivity index (χ1v) is 6.20. The first-order valence-electron chi connectivity index (χ1n) is 6.20. The number of carboxylic acids is 1. The Labute approximate surface area is 120 Å². The minimum absolute atomic E-state index is 0.208. The van der Waals surface area contributed by atoms with Gasteiger partial charge in [-0.25, -0.2) is 4.79 Å². The van der Waals surface area contributed by atoms with Crippen LogP contribution in [0.15, 0.2) is 42.6 Å². The van der Waals surface area contributed by atoms with Crippen LogP contribution in [0.1, 0.15) is 21.6 Å². The summed E-state index contributed by atoms with van der Waals surface area (Å²) in [6.07, 6.45) is 1.66. The molecule has 2 rings (SSSR count). The van der Waals surface area contributed by atoms with Crippen molar-refractivity contribution in [3.8, 4) is 0 Å². The van der Waals surface area contributed by atoms with Crippen molar-refractivity contribution in [1.82, 2.24) is 10.3 Å². The van der Waals surface area contributed by atoms with Crippen LogP contribution in [-0.4, -0.2) is 21.0 Å². The molecule has 0 spiro atoms. The first kappa shape index (κ1) is 14.6. The maximum atomic E-state index is 11.2. The zero-order valence-electron chi connectivity index (χ0n) is 11.0. The van der Waals surface area contributed by atoms with E-state index in [-0.39, 0.29) is 12.1 Å². The number of benzene rings is 1.